The molecule has 0 aromatic heterocycles. The Kier molecular flexibility index (Phi) is 4.55. The number of aliphatic carboxylic acids is 2. The molecule has 2 N–H and O–H groups in total. The van der Waals surface area contributed by atoms with E-state index in [2.05, 4.69) is 4.90 Å². The normalized spacial score (nSPS) is 18.9. The fourth-order valence-corrected chi connectivity index (χ4v) is 1.87. The summed E-state index contributed by atoms with van der Waals surface area (Å²) in [4.78, 5) is 23.4. The van der Waals surface area contributed by atoms with Gasteiger partial charge in [0.05, 0.1) is 12.3 Å². The van der Waals surface area contributed by atoms with Crippen LogP contribution in [0.1, 0.15) is 25.7 Å². The Labute approximate surface area is 88.7 Å². The van der Waals surface area contributed by atoms with Gasteiger partial charge >= 0.3 is 11.9 Å². The van der Waals surface area contributed by atoms with Crippen molar-refractivity contribution in [3.8, 4) is 0 Å². The summed E-state index contributed by atoms with van der Waals surface area (Å²) in [7, 11) is 0. The average Bonchev–Trinajstić information content (AvgIpc) is 2.63. The molecular weight excluding hydrogens is 198 g/mol. The molecular formula is C10H17NO4. The van der Waals surface area contributed by atoms with Crippen LogP contribution in [0.25, 0.3) is 0 Å². The van der Waals surface area contributed by atoms with E-state index in [4.69, 9.17) is 10.2 Å². The Hall–Kier alpha value is -1.10. The van der Waals surface area contributed by atoms with Gasteiger partial charge in [-0.2, -0.15) is 0 Å². The minimum absolute atomic E-state index is 0.275. The van der Waals surface area contributed by atoms with E-state index in [1.54, 1.807) is 0 Å². The molecule has 0 aliphatic carbocycles. The summed E-state index contributed by atoms with van der Waals surface area (Å²) in [6, 6.07) is 0. The topological polar surface area (TPSA) is 77.8 Å². The zero-order valence-corrected chi connectivity index (χ0v) is 8.69. The van der Waals surface area contributed by atoms with E-state index >= 15 is 0 Å². The monoisotopic (exact) mass is 215 g/mol. The lowest BCUT2D eigenvalue weighted by molar-refractivity contribution is -0.148. The van der Waals surface area contributed by atoms with Crippen LogP contribution in [0.4, 0.5) is 0 Å². The van der Waals surface area contributed by atoms with Gasteiger partial charge in [-0.3, -0.25) is 9.59 Å². The van der Waals surface area contributed by atoms with Crippen molar-refractivity contribution < 1.29 is 19.8 Å². The highest BCUT2D eigenvalue weighted by molar-refractivity contribution is 5.77. The molecule has 1 atom stereocenters. The van der Waals surface area contributed by atoms with Crippen LogP contribution in [0.5, 0.6) is 0 Å². The zero-order valence-electron chi connectivity index (χ0n) is 8.69. The van der Waals surface area contributed by atoms with E-state index < -0.39 is 17.9 Å². The molecule has 0 aromatic rings. The lowest BCUT2D eigenvalue weighted by Gasteiger charge is -2.17. The fraction of sp³-hybridized carbons (Fsp3) is 0.800. The standard InChI is InChI=1S/C10H17NO4/c12-9(13)7-8(10(14)15)3-6-11-4-1-2-5-11/h8H,1-7H2,(H,12,13)(H,14,15). The number of carboxylic acids is 2. The molecule has 1 saturated heterocycles. The van der Waals surface area contributed by atoms with E-state index in [1.165, 1.54) is 0 Å². The summed E-state index contributed by atoms with van der Waals surface area (Å²) in [6.07, 6.45) is 2.48. The molecule has 0 saturated carbocycles. The third-order valence-corrected chi connectivity index (χ3v) is 2.76. The van der Waals surface area contributed by atoms with Crippen molar-refractivity contribution in [2.24, 2.45) is 5.92 Å². The third kappa shape index (κ3) is 4.29. The van der Waals surface area contributed by atoms with Gasteiger partial charge in [-0.25, -0.2) is 0 Å². The van der Waals surface area contributed by atoms with Crippen molar-refractivity contribution in [1.82, 2.24) is 4.90 Å². The molecule has 5 heteroatoms. The van der Waals surface area contributed by atoms with Crippen LogP contribution in [0, 0.1) is 5.92 Å². The Bertz CT molecular complexity index is 236. The molecule has 1 aliphatic rings. The summed E-state index contributed by atoms with van der Waals surface area (Å²) >= 11 is 0. The highest BCUT2D eigenvalue weighted by Gasteiger charge is 2.22. The van der Waals surface area contributed by atoms with Crippen molar-refractivity contribution in [1.29, 1.82) is 0 Å². The molecule has 1 fully saturated rings. The van der Waals surface area contributed by atoms with Gasteiger partial charge in [0.25, 0.3) is 0 Å². The second kappa shape index (κ2) is 5.70. The Morgan fingerprint density at radius 1 is 1.20 bits per heavy atom. The molecule has 15 heavy (non-hydrogen) atoms. The molecule has 0 radical (unpaired) electrons. The van der Waals surface area contributed by atoms with E-state index in [-0.39, 0.29) is 6.42 Å². The van der Waals surface area contributed by atoms with Crippen molar-refractivity contribution in [3.05, 3.63) is 0 Å². The van der Waals surface area contributed by atoms with Crippen LogP contribution in [0.2, 0.25) is 0 Å². The first kappa shape index (κ1) is 12.0. The largest absolute Gasteiger partial charge is 0.481 e. The van der Waals surface area contributed by atoms with Crippen LogP contribution in [-0.4, -0.2) is 46.7 Å². The number of carbonyl (C=O) groups is 2. The van der Waals surface area contributed by atoms with Crippen LogP contribution in [-0.2, 0) is 9.59 Å². The fourth-order valence-electron chi connectivity index (χ4n) is 1.87. The zero-order chi connectivity index (χ0) is 11.3. The van der Waals surface area contributed by atoms with Gasteiger partial charge in [0, 0.05) is 0 Å². The molecule has 1 aliphatic heterocycles. The van der Waals surface area contributed by atoms with Gasteiger partial charge in [0.2, 0.25) is 0 Å². The first-order valence-electron chi connectivity index (χ1n) is 5.26. The van der Waals surface area contributed by atoms with Gasteiger partial charge in [0.15, 0.2) is 0 Å². The minimum Gasteiger partial charge on any atom is -0.481 e. The summed E-state index contributed by atoms with van der Waals surface area (Å²) in [6.45, 7) is 2.73. The molecule has 5 nitrogen and oxygen atoms in total. The predicted octanol–water partition coefficient (Wildman–Crippen LogP) is 0.648. The smallest absolute Gasteiger partial charge is 0.307 e. The van der Waals surface area contributed by atoms with Crippen LogP contribution >= 0.6 is 0 Å². The molecule has 1 unspecified atom stereocenters. The summed E-state index contributed by atoms with van der Waals surface area (Å²) in [5.41, 5.74) is 0. The van der Waals surface area contributed by atoms with E-state index in [0.29, 0.717) is 13.0 Å². The summed E-state index contributed by atoms with van der Waals surface area (Å²) < 4.78 is 0. The third-order valence-electron chi connectivity index (χ3n) is 2.76. The van der Waals surface area contributed by atoms with Crippen LogP contribution in [0.15, 0.2) is 0 Å². The molecule has 86 valence electrons. The maximum absolute atomic E-state index is 10.8. The molecule has 0 spiro atoms. The summed E-state index contributed by atoms with van der Waals surface area (Å²) in [5.74, 6) is -2.79. The maximum atomic E-state index is 10.8. The Morgan fingerprint density at radius 3 is 2.27 bits per heavy atom. The van der Waals surface area contributed by atoms with Crippen molar-refractivity contribution >= 4 is 11.9 Å². The lowest BCUT2D eigenvalue weighted by Crippen LogP contribution is -2.26. The Morgan fingerprint density at radius 2 is 1.80 bits per heavy atom. The van der Waals surface area contributed by atoms with Crippen molar-refractivity contribution in [3.63, 3.8) is 0 Å². The number of hydrogen-bond donors (Lipinski definition) is 2. The molecule has 1 rings (SSSR count). The number of rotatable bonds is 6. The number of carboxylic acid groups (broad SMARTS) is 2. The van der Waals surface area contributed by atoms with Gasteiger partial charge < -0.3 is 15.1 Å². The molecule has 0 bridgehead atoms. The number of nitrogens with zero attached hydrogens (tertiary/aromatic N) is 1. The second-order valence-electron chi connectivity index (χ2n) is 3.97. The lowest BCUT2D eigenvalue weighted by atomic mass is 10.0. The van der Waals surface area contributed by atoms with Gasteiger partial charge in [0.1, 0.15) is 0 Å². The first-order valence-corrected chi connectivity index (χ1v) is 5.26. The number of hydrogen-bond acceptors (Lipinski definition) is 3. The van der Waals surface area contributed by atoms with Crippen LogP contribution in [0.3, 0.4) is 0 Å². The highest BCUT2D eigenvalue weighted by atomic mass is 16.4. The van der Waals surface area contributed by atoms with Gasteiger partial charge in [-0.15, -0.1) is 0 Å². The van der Waals surface area contributed by atoms with E-state index in [0.717, 1.165) is 25.9 Å². The molecule has 0 aromatic carbocycles. The SMILES string of the molecule is O=C(O)CC(CCN1CCCC1)C(=O)O. The van der Waals surface area contributed by atoms with E-state index in [9.17, 15) is 9.59 Å². The highest BCUT2D eigenvalue weighted by Crippen LogP contribution is 2.13. The van der Waals surface area contributed by atoms with Crippen LogP contribution < -0.4 is 0 Å². The quantitative estimate of drug-likeness (QED) is 0.680. The Balaban J connectivity index is 2.30. The second-order valence-corrected chi connectivity index (χ2v) is 3.97. The minimum atomic E-state index is -1.04. The van der Waals surface area contributed by atoms with Gasteiger partial charge in [-0.05, 0) is 38.9 Å². The molecule has 1 heterocycles. The number of likely N-dealkylation sites (tertiary alicyclic amines) is 1. The van der Waals surface area contributed by atoms with Crippen molar-refractivity contribution in [2.45, 2.75) is 25.7 Å². The molecule has 0 amide bonds. The average molecular weight is 215 g/mol. The predicted molar refractivity (Wildman–Crippen MR) is 53.7 cm³/mol. The first-order chi connectivity index (χ1) is 7.09. The van der Waals surface area contributed by atoms with E-state index in [1.807, 2.05) is 0 Å². The summed E-state index contributed by atoms with van der Waals surface area (Å²) in [5, 5.41) is 17.4. The van der Waals surface area contributed by atoms with Gasteiger partial charge in [-0.1, -0.05) is 0 Å². The van der Waals surface area contributed by atoms with Crippen molar-refractivity contribution in [2.75, 3.05) is 19.6 Å². The maximum Gasteiger partial charge on any atom is 0.307 e.